The number of halogens is 1. The zero-order valence-corrected chi connectivity index (χ0v) is 25.1. The topological polar surface area (TPSA) is 93.7 Å². The zero-order chi connectivity index (χ0) is 29.1. The number of nitrogens with zero attached hydrogens (tertiary/aromatic N) is 3. The lowest BCUT2D eigenvalue weighted by atomic mass is 9.95. The van der Waals surface area contributed by atoms with Gasteiger partial charge in [-0.05, 0) is 83.7 Å². The van der Waals surface area contributed by atoms with Crippen LogP contribution in [0.4, 0.5) is 0 Å². The van der Waals surface area contributed by atoms with Crippen LogP contribution in [0.1, 0.15) is 47.7 Å². The van der Waals surface area contributed by atoms with E-state index in [1.54, 1.807) is 30.5 Å². The maximum absolute atomic E-state index is 13.8. The molecule has 4 aromatic rings. The van der Waals surface area contributed by atoms with Crippen LogP contribution in [0.5, 0.6) is 5.75 Å². The molecule has 206 valence electrons. The summed E-state index contributed by atoms with van der Waals surface area (Å²) in [5.41, 5.74) is 4.91. The number of thiazole rings is 1. The maximum atomic E-state index is 13.8. The molecule has 0 radical (unpaired) electrons. The first kappa shape index (κ1) is 28.3. The van der Waals surface area contributed by atoms with Gasteiger partial charge in [0, 0.05) is 0 Å². The summed E-state index contributed by atoms with van der Waals surface area (Å²) in [6.45, 7) is 6.10. The molecule has 0 unspecified atom stereocenters. The summed E-state index contributed by atoms with van der Waals surface area (Å²) in [7, 11) is 0. The molecule has 1 aliphatic heterocycles. The predicted octanol–water partition coefficient (Wildman–Crippen LogP) is 5.32. The number of aromatic nitrogens is 1. The van der Waals surface area contributed by atoms with E-state index in [4.69, 9.17) is 14.7 Å². The van der Waals surface area contributed by atoms with Crippen molar-refractivity contribution in [3.8, 4) is 11.8 Å². The van der Waals surface area contributed by atoms with Gasteiger partial charge in [0.1, 0.15) is 12.4 Å². The molecule has 1 aliphatic rings. The number of allylic oxidation sites excluding steroid dienone is 1. The van der Waals surface area contributed by atoms with Crippen LogP contribution in [-0.4, -0.2) is 17.1 Å². The molecule has 1 atom stereocenters. The van der Waals surface area contributed by atoms with Gasteiger partial charge in [-0.3, -0.25) is 9.36 Å². The van der Waals surface area contributed by atoms with Gasteiger partial charge in [0.2, 0.25) is 0 Å². The SMILES string of the molecule is CCOC(=O)C1=C(C)N=c2s/c(=C\c3ccc(OCc4ccc(C#N)cc4)c(Br)c3)c(=O)n2[C@H]1c1ccc(C)cc1. The third-order valence-electron chi connectivity index (χ3n) is 6.64. The van der Waals surface area contributed by atoms with Crippen LogP contribution >= 0.6 is 27.3 Å². The van der Waals surface area contributed by atoms with Gasteiger partial charge in [-0.2, -0.15) is 5.26 Å². The van der Waals surface area contributed by atoms with E-state index in [0.717, 1.165) is 26.7 Å². The van der Waals surface area contributed by atoms with Crippen LogP contribution in [0.3, 0.4) is 0 Å². The van der Waals surface area contributed by atoms with E-state index < -0.39 is 12.0 Å². The second kappa shape index (κ2) is 12.1. The number of hydrogen-bond donors (Lipinski definition) is 0. The highest BCUT2D eigenvalue weighted by molar-refractivity contribution is 9.10. The summed E-state index contributed by atoms with van der Waals surface area (Å²) in [6, 6.07) is 22.1. The smallest absolute Gasteiger partial charge is 0.338 e. The Morgan fingerprint density at radius 1 is 1.12 bits per heavy atom. The van der Waals surface area contributed by atoms with Crippen LogP contribution in [0.25, 0.3) is 6.08 Å². The van der Waals surface area contributed by atoms with Crippen LogP contribution in [0.2, 0.25) is 0 Å². The molecular weight excluding hydrogens is 602 g/mol. The Labute approximate surface area is 249 Å². The molecule has 5 rings (SSSR count). The number of aryl methyl sites for hydroxylation is 1. The van der Waals surface area contributed by atoms with Crippen molar-refractivity contribution in [1.29, 1.82) is 5.26 Å². The largest absolute Gasteiger partial charge is 0.488 e. The molecule has 7 nitrogen and oxygen atoms in total. The molecule has 0 spiro atoms. The second-order valence-corrected chi connectivity index (χ2v) is 11.4. The van der Waals surface area contributed by atoms with Gasteiger partial charge in [-0.15, -0.1) is 0 Å². The third kappa shape index (κ3) is 5.94. The highest BCUT2D eigenvalue weighted by Gasteiger charge is 2.33. The van der Waals surface area contributed by atoms with Gasteiger partial charge in [-0.25, -0.2) is 9.79 Å². The van der Waals surface area contributed by atoms with Crippen molar-refractivity contribution in [3.05, 3.63) is 130 Å². The van der Waals surface area contributed by atoms with Crippen LogP contribution in [0, 0.1) is 18.3 Å². The molecule has 0 fully saturated rings. The van der Waals surface area contributed by atoms with Crippen LogP contribution in [0.15, 0.2) is 92.3 Å². The first-order valence-electron chi connectivity index (χ1n) is 13.0. The summed E-state index contributed by atoms with van der Waals surface area (Å²) in [5.74, 6) is 0.177. The van der Waals surface area contributed by atoms with Gasteiger partial charge in [0.25, 0.3) is 5.56 Å². The van der Waals surface area contributed by atoms with Gasteiger partial charge in [-0.1, -0.05) is 59.4 Å². The first-order valence-corrected chi connectivity index (χ1v) is 14.6. The minimum absolute atomic E-state index is 0.225. The molecule has 0 N–H and O–H groups in total. The molecule has 0 saturated carbocycles. The van der Waals surface area contributed by atoms with Crippen molar-refractivity contribution >= 4 is 39.3 Å². The van der Waals surface area contributed by atoms with Gasteiger partial charge in [0.15, 0.2) is 4.80 Å². The quantitative estimate of drug-likeness (QED) is 0.259. The van der Waals surface area contributed by atoms with E-state index in [9.17, 15) is 9.59 Å². The average Bonchev–Trinajstić information content (AvgIpc) is 3.26. The molecule has 9 heteroatoms. The normalized spacial score (nSPS) is 14.7. The van der Waals surface area contributed by atoms with Crippen molar-refractivity contribution in [1.82, 2.24) is 4.57 Å². The molecule has 0 saturated heterocycles. The number of nitriles is 1. The minimum Gasteiger partial charge on any atom is -0.488 e. The summed E-state index contributed by atoms with van der Waals surface area (Å²) >= 11 is 4.86. The number of benzene rings is 3. The highest BCUT2D eigenvalue weighted by Crippen LogP contribution is 2.31. The zero-order valence-electron chi connectivity index (χ0n) is 22.7. The van der Waals surface area contributed by atoms with Crippen molar-refractivity contribution in [2.24, 2.45) is 4.99 Å². The fraction of sp³-hybridized carbons (Fsp3) is 0.188. The van der Waals surface area contributed by atoms with E-state index in [1.807, 2.05) is 67.6 Å². The molecule has 0 amide bonds. The number of hydrogen-bond acceptors (Lipinski definition) is 7. The monoisotopic (exact) mass is 627 g/mol. The molecule has 0 bridgehead atoms. The number of carbonyl (C=O) groups excluding carboxylic acids is 1. The highest BCUT2D eigenvalue weighted by atomic mass is 79.9. The van der Waals surface area contributed by atoms with E-state index in [0.29, 0.717) is 38.5 Å². The number of ether oxygens (including phenoxy) is 2. The van der Waals surface area contributed by atoms with Gasteiger partial charge < -0.3 is 9.47 Å². The molecule has 1 aromatic heterocycles. The lowest BCUT2D eigenvalue weighted by Crippen LogP contribution is -2.39. The molecular formula is C32H26BrN3O4S. The first-order chi connectivity index (χ1) is 19.8. The van der Waals surface area contributed by atoms with Crippen LogP contribution < -0.4 is 19.6 Å². The average molecular weight is 629 g/mol. The summed E-state index contributed by atoms with van der Waals surface area (Å²) in [4.78, 5) is 32.0. The third-order valence-corrected chi connectivity index (χ3v) is 8.24. The number of carbonyl (C=O) groups is 1. The lowest BCUT2D eigenvalue weighted by molar-refractivity contribution is -0.139. The predicted molar refractivity (Wildman–Crippen MR) is 161 cm³/mol. The molecule has 0 aliphatic carbocycles. The van der Waals surface area contributed by atoms with Crippen molar-refractivity contribution in [3.63, 3.8) is 0 Å². The van der Waals surface area contributed by atoms with Crippen molar-refractivity contribution < 1.29 is 14.3 Å². The van der Waals surface area contributed by atoms with E-state index in [2.05, 4.69) is 27.0 Å². The van der Waals surface area contributed by atoms with Crippen LogP contribution in [-0.2, 0) is 16.1 Å². The van der Waals surface area contributed by atoms with E-state index in [1.165, 1.54) is 11.3 Å². The van der Waals surface area contributed by atoms with Gasteiger partial charge in [0.05, 0.1) is 44.6 Å². The molecule has 2 heterocycles. The number of fused-ring (bicyclic) bond motifs is 1. The lowest BCUT2D eigenvalue weighted by Gasteiger charge is -2.24. The Morgan fingerprint density at radius 2 is 1.85 bits per heavy atom. The Bertz CT molecular complexity index is 1880. The Morgan fingerprint density at radius 3 is 2.51 bits per heavy atom. The maximum Gasteiger partial charge on any atom is 0.338 e. The van der Waals surface area contributed by atoms with Gasteiger partial charge >= 0.3 is 5.97 Å². The standard InChI is InChI=1S/C32H26BrN3O4S/c1-4-39-31(38)28-20(3)35-32-36(29(28)24-12-5-19(2)6-13-24)30(37)27(41-32)16-23-11-14-26(25(33)15-23)40-18-22-9-7-21(17-34)8-10-22/h5-16,29H,4,18H2,1-3H3/b27-16-/t29-/m0/s1. The summed E-state index contributed by atoms with van der Waals surface area (Å²) in [5, 5.41) is 8.97. The Balaban J connectivity index is 1.49. The summed E-state index contributed by atoms with van der Waals surface area (Å²) < 4.78 is 14.1. The van der Waals surface area contributed by atoms with E-state index in [-0.39, 0.29) is 12.2 Å². The fourth-order valence-corrected chi connectivity index (χ4v) is 6.13. The number of rotatable bonds is 7. The summed E-state index contributed by atoms with van der Waals surface area (Å²) in [6.07, 6.45) is 1.81. The number of esters is 1. The Hall–Kier alpha value is -4.26. The molecule has 3 aromatic carbocycles. The van der Waals surface area contributed by atoms with Crippen molar-refractivity contribution in [2.75, 3.05) is 6.61 Å². The van der Waals surface area contributed by atoms with E-state index >= 15 is 0 Å². The molecule has 41 heavy (non-hydrogen) atoms. The minimum atomic E-state index is -0.641. The Kier molecular flexibility index (Phi) is 8.34. The second-order valence-electron chi connectivity index (χ2n) is 9.50. The fourth-order valence-electron chi connectivity index (χ4n) is 4.57. The van der Waals surface area contributed by atoms with Crippen molar-refractivity contribution in [2.45, 2.75) is 33.4 Å².